The Morgan fingerprint density at radius 2 is 1.75 bits per heavy atom. The Bertz CT molecular complexity index is 443. The molecular weight excluding hydrogens is 202 g/mol. The number of ether oxygens (including phenoxy) is 2. The predicted octanol–water partition coefficient (Wildman–Crippen LogP) is 3.27. The van der Waals surface area contributed by atoms with Crippen molar-refractivity contribution in [1.82, 2.24) is 4.98 Å². The first-order chi connectivity index (χ1) is 7.90. The van der Waals surface area contributed by atoms with Crippen molar-refractivity contribution in [3.8, 4) is 17.4 Å². The molecule has 0 aliphatic rings. The molecule has 0 fully saturated rings. The molecular formula is C13H13NO2. The van der Waals surface area contributed by atoms with Crippen molar-refractivity contribution in [2.45, 2.75) is 6.92 Å². The van der Waals surface area contributed by atoms with E-state index in [2.05, 4.69) is 4.98 Å². The van der Waals surface area contributed by atoms with Gasteiger partial charge in [0.25, 0.3) is 0 Å². The molecule has 0 radical (unpaired) electrons. The molecule has 3 nitrogen and oxygen atoms in total. The molecule has 1 heterocycles. The number of hydrogen-bond donors (Lipinski definition) is 0. The van der Waals surface area contributed by atoms with Crippen molar-refractivity contribution >= 4 is 0 Å². The number of pyridine rings is 1. The first kappa shape index (κ1) is 10.5. The van der Waals surface area contributed by atoms with Crippen LogP contribution in [0.4, 0.5) is 0 Å². The van der Waals surface area contributed by atoms with Gasteiger partial charge in [0.2, 0.25) is 5.88 Å². The molecule has 82 valence electrons. The quantitative estimate of drug-likeness (QED) is 0.784. The largest absolute Gasteiger partial charge is 0.490 e. The molecule has 2 rings (SSSR count). The van der Waals surface area contributed by atoms with E-state index in [1.807, 2.05) is 49.4 Å². The van der Waals surface area contributed by atoms with E-state index in [0.717, 1.165) is 5.75 Å². The molecule has 0 spiro atoms. The number of para-hydroxylation sites is 2. The van der Waals surface area contributed by atoms with Crippen LogP contribution in [-0.4, -0.2) is 11.6 Å². The monoisotopic (exact) mass is 215 g/mol. The minimum absolute atomic E-state index is 0.564. The number of nitrogens with zero attached hydrogens (tertiary/aromatic N) is 1. The Morgan fingerprint density at radius 3 is 2.44 bits per heavy atom. The smallest absolute Gasteiger partial charge is 0.219 e. The molecule has 0 aliphatic carbocycles. The van der Waals surface area contributed by atoms with Crippen LogP contribution in [0.3, 0.4) is 0 Å². The molecule has 0 atom stereocenters. The lowest BCUT2D eigenvalue weighted by Crippen LogP contribution is -1.95. The minimum Gasteiger partial charge on any atom is -0.490 e. The molecule has 0 aliphatic heterocycles. The van der Waals surface area contributed by atoms with E-state index in [1.165, 1.54) is 0 Å². The van der Waals surface area contributed by atoms with Crippen LogP contribution >= 0.6 is 0 Å². The average Bonchev–Trinajstić information content (AvgIpc) is 2.33. The van der Waals surface area contributed by atoms with Crippen molar-refractivity contribution in [2.24, 2.45) is 0 Å². The van der Waals surface area contributed by atoms with Gasteiger partial charge in [0.15, 0.2) is 11.5 Å². The Labute approximate surface area is 94.7 Å². The second-order valence-electron chi connectivity index (χ2n) is 3.15. The zero-order valence-corrected chi connectivity index (χ0v) is 9.09. The van der Waals surface area contributed by atoms with Gasteiger partial charge in [0, 0.05) is 12.3 Å². The fourth-order valence-corrected chi connectivity index (χ4v) is 1.33. The van der Waals surface area contributed by atoms with Gasteiger partial charge in [-0.2, -0.15) is 0 Å². The molecule has 0 amide bonds. The highest BCUT2D eigenvalue weighted by Gasteiger charge is 2.04. The van der Waals surface area contributed by atoms with Crippen LogP contribution in [0.1, 0.15) is 6.92 Å². The molecule has 16 heavy (non-hydrogen) atoms. The summed E-state index contributed by atoms with van der Waals surface area (Å²) in [5.74, 6) is 1.98. The number of hydrogen-bond acceptors (Lipinski definition) is 3. The third-order valence-electron chi connectivity index (χ3n) is 2.00. The van der Waals surface area contributed by atoms with Crippen LogP contribution in [0.25, 0.3) is 0 Å². The summed E-state index contributed by atoms with van der Waals surface area (Å²) in [4.78, 5) is 4.10. The lowest BCUT2D eigenvalue weighted by Gasteiger charge is -2.09. The van der Waals surface area contributed by atoms with E-state index in [4.69, 9.17) is 9.47 Å². The summed E-state index contributed by atoms with van der Waals surface area (Å²) in [5.41, 5.74) is 0. The molecule has 0 N–H and O–H groups in total. The maximum atomic E-state index is 5.63. The summed E-state index contributed by atoms with van der Waals surface area (Å²) in [6.45, 7) is 2.56. The minimum atomic E-state index is 0.564. The molecule has 2 aromatic rings. The van der Waals surface area contributed by atoms with E-state index < -0.39 is 0 Å². The summed E-state index contributed by atoms with van der Waals surface area (Å²) < 4.78 is 11.1. The van der Waals surface area contributed by atoms with Gasteiger partial charge < -0.3 is 9.47 Å². The number of rotatable bonds is 4. The number of benzene rings is 1. The van der Waals surface area contributed by atoms with Gasteiger partial charge in [-0.1, -0.05) is 18.2 Å². The third kappa shape index (κ3) is 2.51. The first-order valence-electron chi connectivity index (χ1n) is 5.21. The molecule has 0 unspecified atom stereocenters. The van der Waals surface area contributed by atoms with Crippen molar-refractivity contribution in [1.29, 1.82) is 0 Å². The fraction of sp³-hybridized carbons (Fsp3) is 0.154. The zero-order chi connectivity index (χ0) is 11.2. The molecule has 0 saturated heterocycles. The standard InChI is InChI=1S/C13H13NO2/c1-2-15-11-7-3-4-8-12(11)16-13-9-5-6-10-14-13/h3-10H,2H2,1H3. The first-order valence-corrected chi connectivity index (χ1v) is 5.21. The van der Waals surface area contributed by atoms with E-state index in [-0.39, 0.29) is 0 Å². The second-order valence-corrected chi connectivity index (χ2v) is 3.15. The highest BCUT2D eigenvalue weighted by molar-refractivity contribution is 5.41. The average molecular weight is 215 g/mol. The molecule has 1 aromatic carbocycles. The van der Waals surface area contributed by atoms with Gasteiger partial charge in [-0.05, 0) is 25.1 Å². The van der Waals surface area contributed by atoms with Gasteiger partial charge in [0.05, 0.1) is 6.61 Å². The lowest BCUT2D eigenvalue weighted by atomic mass is 10.3. The second kappa shape index (κ2) is 5.16. The summed E-state index contributed by atoms with van der Waals surface area (Å²) >= 11 is 0. The molecule has 1 aromatic heterocycles. The van der Waals surface area contributed by atoms with Crippen LogP contribution in [0.2, 0.25) is 0 Å². The predicted molar refractivity (Wildman–Crippen MR) is 61.9 cm³/mol. The van der Waals surface area contributed by atoms with Gasteiger partial charge >= 0.3 is 0 Å². The zero-order valence-electron chi connectivity index (χ0n) is 9.09. The lowest BCUT2D eigenvalue weighted by molar-refractivity contribution is 0.319. The van der Waals surface area contributed by atoms with Crippen LogP contribution in [0, 0.1) is 0 Å². The highest BCUT2D eigenvalue weighted by atomic mass is 16.5. The highest BCUT2D eigenvalue weighted by Crippen LogP contribution is 2.29. The Kier molecular flexibility index (Phi) is 3.38. The van der Waals surface area contributed by atoms with Gasteiger partial charge in [-0.3, -0.25) is 0 Å². The van der Waals surface area contributed by atoms with Crippen LogP contribution in [0.5, 0.6) is 17.4 Å². The SMILES string of the molecule is CCOc1ccccc1Oc1ccccn1. The maximum absolute atomic E-state index is 5.63. The Balaban J connectivity index is 2.21. The van der Waals surface area contributed by atoms with Gasteiger partial charge in [0.1, 0.15) is 0 Å². The fourth-order valence-electron chi connectivity index (χ4n) is 1.33. The van der Waals surface area contributed by atoms with Gasteiger partial charge in [-0.25, -0.2) is 4.98 Å². The summed E-state index contributed by atoms with van der Waals surface area (Å²) in [6, 6.07) is 13.1. The van der Waals surface area contributed by atoms with Crippen molar-refractivity contribution in [3.63, 3.8) is 0 Å². The summed E-state index contributed by atoms with van der Waals surface area (Å²) in [7, 11) is 0. The van der Waals surface area contributed by atoms with Gasteiger partial charge in [-0.15, -0.1) is 0 Å². The maximum Gasteiger partial charge on any atom is 0.219 e. The molecule has 0 saturated carbocycles. The van der Waals surface area contributed by atoms with Crippen LogP contribution < -0.4 is 9.47 Å². The van der Waals surface area contributed by atoms with Crippen molar-refractivity contribution < 1.29 is 9.47 Å². The Hall–Kier alpha value is -2.03. The normalized spacial score (nSPS) is 9.81. The number of aromatic nitrogens is 1. The van der Waals surface area contributed by atoms with E-state index in [1.54, 1.807) is 6.20 Å². The van der Waals surface area contributed by atoms with E-state index >= 15 is 0 Å². The van der Waals surface area contributed by atoms with E-state index in [9.17, 15) is 0 Å². The van der Waals surface area contributed by atoms with E-state index in [0.29, 0.717) is 18.2 Å². The summed E-state index contributed by atoms with van der Waals surface area (Å²) in [6.07, 6.45) is 1.69. The van der Waals surface area contributed by atoms with Crippen molar-refractivity contribution in [3.05, 3.63) is 48.7 Å². The van der Waals surface area contributed by atoms with Crippen LogP contribution in [-0.2, 0) is 0 Å². The van der Waals surface area contributed by atoms with Crippen molar-refractivity contribution in [2.75, 3.05) is 6.61 Å². The third-order valence-corrected chi connectivity index (χ3v) is 2.00. The Morgan fingerprint density at radius 1 is 1.00 bits per heavy atom. The summed E-state index contributed by atoms with van der Waals surface area (Å²) in [5, 5.41) is 0. The van der Waals surface area contributed by atoms with Crippen LogP contribution in [0.15, 0.2) is 48.7 Å². The topological polar surface area (TPSA) is 31.4 Å². The molecule has 3 heteroatoms. The molecule has 0 bridgehead atoms.